The molecule has 0 bridgehead atoms. The summed E-state index contributed by atoms with van der Waals surface area (Å²) in [5.41, 5.74) is 0.226. The van der Waals surface area contributed by atoms with Gasteiger partial charge >= 0.3 is 5.97 Å². The van der Waals surface area contributed by atoms with Gasteiger partial charge in [-0.05, 0) is 6.42 Å². The van der Waals surface area contributed by atoms with Crippen molar-refractivity contribution in [3.05, 3.63) is 15.6 Å². The number of hydrogen-bond acceptors (Lipinski definition) is 4. The van der Waals surface area contributed by atoms with Gasteiger partial charge in [0.2, 0.25) is 0 Å². The molecule has 0 radical (unpaired) electrons. The molecule has 1 N–H and O–H groups in total. The highest BCUT2D eigenvalue weighted by Gasteiger charge is 2.27. The molecule has 16 heavy (non-hydrogen) atoms. The summed E-state index contributed by atoms with van der Waals surface area (Å²) in [4.78, 5) is 16.2. The summed E-state index contributed by atoms with van der Waals surface area (Å²) in [5, 5.41) is 10.0. The highest BCUT2D eigenvalue weighted by Crippen LogP contribution is 2.35. The maximum absolute atomic E-state index is 11.1. The van der Waals surface area contributed by atoms with E-state index in [9.17, 15) is 4.79 Å². The van der Waals surface area contributed by atoms with E-state index in [2.05, 4.69) is 4.98 Å². The van der Waals surface area contributed by atoms with Crippen molar-refractivity contribution in [2.75, 3.05) is 13.2 Å². The van der Waals surface area contributed by atoms with Crippen LogP contribution in [0.3, 0.4) is 0 Å². The van der Waals surface area contributed by atoms with Crippen LogP contribution in [0.15, 0.2) is 0 Å². The van der Waals surface area contributed by atoms with E-state index >= 15 is 0 Å². The zero-order chi connectivity index (χ0) is 11.7. The summed E-state index contributed by atoms with van der Waals surface area (Å²) in [5.74, 6) is -0.430. The van der Waals surface area contributed by atoms with Crippen LogP contribution in [0.4, 0.5) is 0 Å². The monoisotopic (exact) mass is 241 g/mol. The Morgan fingerprint density at radius 1 is 1.62 bits per heavy atom. The number of rotatable bonds is 3. The normalized spacial score (nSPS) is 20.6. The smallest absolute Gasteiger partial charge is 0.355 e. The Bertz CT molecular complexity index is 394. The van der Waals surface area contributed by atoms with Crippen molar-refractivity contribution in [2.24, 2.45) is 0 Å². The molecule has 1 atom stereocenters. The number of nitrogens with zero attached hydrogens (tertiary/aromatic N) is 1. The average Bonchev–Trinajstić information content (AvgIpc) is 2.86. The molecule has 1 aromatic heterocycles. The van der Waals surface area contributed by atoms with Gasteiger partial charge in [0.25, 0.3) is 0 Å². The maximum atomic E-state index is 11.1. The Hall–Kier alpha value is -0.940. The van der Waals surface area contributed by atoms with Gasteiger partial charge in [0.05, 0.1) is 11.6 Å². The molecule has 1 aliphatic rings. The first-order valence-electron chi connectivity index (χ1n) is 5.41. The van der Waals surface area contributed by atoms with Crippen molar-refractivity contribution in [2.45, 2.75) is 32.1 Å². The summed E-state index contributed by atoms with van der Waals surface area (Å²) in [7, 11) is 0. The van der Waals surface area contributed by atoms with Crippen molar-refractivity contribution >= 4 is 17.3 Å². The zero-order valence-electron chi connectivity index (χ0n) is 9.40. The van der Waals surface area contributed by atoms with Crippen LogP contribution in [0.2, 0.25) is 0 Å². The molecule has 0 aliphatic carbocycles. The molecule has 1 saturated heterocycles. The third kappa shape index (κ3) is 2.10. The summed E-state index contributed by atoms with van der Waals surface area (Å²) >= 11 is 1.52. The van der Waals surface area contributed by atoms with Crippen LogP contribution in [0.5, 0.6) is 0 Å². The van der Waals surface area contributed by atoms with Gasteiger partial charge in [-0.3, -0.25) is 0 Å². The average molecular weight is 241 g/mol. The topological polar surface area (TPSA) is 59.4 Å². The Morgan fingerprint density at radius 2 is 2.38 bits per heavy atom. The van der Waals surface area contributed by atoms with Crippen LogP contribution in [-0.2, 0) is 4.74 Å². The predicted octanol–water partition coefficient (Wildman–Crippen LogP) is 2.47. The van der Waals surface area contributed by atoms with Crippen molar-refractivity contribution in [1.29, 1.82) is 0 Å². The van der Waals surface area contributed by atoms with Gasteiger partial charge in [-0.2, -0.15) is 0 Å². The first kappa shape index (κ1) is 11.5. The Labute approximate surface area is 98.3 Å². The summed E-state index contributed by atoms with van der Waals surface area (Å²) in [6.07, 6.45) is 0.903. The highest BCUT2D eigenvalue weighted by atomic mass is 32.1. The molecular formula is C11H15NO3S. The molecule has 0 saturated carbocycles. The Balaban J connectivity index is 2.37. The van der Waals surface area contributed by atoms with Gasteiger partial charge in [-0.15, -0.1) is 11.3 Å². The second-order valence-electron chi connectivity index (χ2n) is 4.29. The van der Waals surface area contributed by atoms with Crippen molar-refractivity contribution in [3.8, 4) is 0 Å². The second-order valence-corrected chi connectivity index (χ2v) is 5.35. The van der Waals surface area contributed by atoms with Crippen molar-refractivity contribution in [3.63, 3.8) is 0 Å². The van der Waals surface area contributed by atoms with Crippen molar-refractivity contribution in [1.82, 2.24) is 4.98 Å². The van der Waals surface area contributed by atoms with Gasteiger partial charge in [0.15, 0.2) is 5.69 Å². The van der Waals surface area contributed by atoms with E-state index in [1.165, 1.54) is 11.3 Å². The standard InChI is InChI=1S/C11H15NO3S/c1-6(2)10-12-8(11(13)14)9(16-10)7-3-4-15-5-7/h6-7H,3-5H2,1-2H3,(H,13,14). The summed E-state index contributed by atoms with van der Waals surface area (Å²) in [6.45, 7) is 5.40. The largest absolute Gasteiger partial charge is 0.476 e. The lowest BCUT2D eigenvalue weighted by Gasteiger charge is -2.04. The molecule has 1 unspecified atom stereocenters. The molecular weight excluding hydrogens is 226 g/mol. The minimum Gasteiger partial charge on any atom is -0.476 e. The van der Waals surface area contributed by atoms with E-state index in [1.807, 2.05) is 13.8 Å². The molecule has 0 aromatic carbocycles. The predicted molar refractivity (Wildman–Crippen MR) is 61.3 cm³/mol. The molecule has 4 nitrogen and oxygen atoms in total. The molecule has 1 aromatic rings. The van der Waals surface area contributed by atoms with Gasteiger partial charge in [0, 0.05) is 23.3 Å². The maximum Gasteiger partial charge on any atom is 0.355 e. The number of aromatic carboxylic acids is 1. The third-order valence-corrected chi connectivity index (χ3v) is 4.19. The summed E-state index contributed by atoms with van der Waals surface area (Å²) < 4.78 is 5.30. The van der Waals surface area contributed by atoms with Crippen LogP contribution >= 0.6 is 11.3 Å². The van der Waals surface area contributed by atoms with Crippen LogP contribution in [-0.4, -0.2) is 29.3 Å². The van der Waals surface area contributed by atoms with Crippen molar-refractivity contribution < 1.29 is 14.6 Å². The molecule has 5 heteroatoms. The minimum absolute atomic E-state index is 0.219. The Kier molecular flexibility index (Phi) is 3.25. The highest BCUT2D eigenvalue weighted by molar-refractivity contribution is 7.12. The SMILES string of the molecule is CC(C)c1nc(C(=O)O)c(C2CCOC2)s1. The number of ether oxygens (including phenoxy) is 1. The quantitative estimate of drug-likeness (QED) is 0.883. The van der Waals surface area contributed by atoms with E-state index in [0.29, 0.717) is 6.61 Å². The molecule has 2 rings (SSSR count). The Morgan fingerprint density at radius 3 is 2.88 bits per heavy atom. The molecule has 88 valence electrons. The molecule has 0 amide bonds. The molecule has 2 heterocycles. The van der Waals surface area contributed by atoms with Crippen LogP contribution in [0, 0.1) is 0 Å². The van der Waals surface area contributed by atoms with Crippen LogP contribution in [0.25, 0.3) is 0 Å². The lowest BCUT2D eigenvalue weighted by molar-refractivity contribution is 0.0689. The number of carbonyl (C=O) groups is 1. The number of hydrogen-bond donors (Lipinski definition) is 1. The number of carboxylic acid groups (broad SMARTS) is 1. The number of carboxylic acids is 1. The number of thiazole rings is 1. The molecule has 1 aliphatic heterocycles. The number of aromatic nitrogens is 1. The van der Waals surface area contributed by atoms with Crippen LogP contribution in [0.1, 0.15) is 52.5 Å². The lowest BCUT2D eigenvalue weighted by atomic mass is 10.1. The van der Waals surface area contributed by atoms with Gasteiger partial charge < -0.3 is 9.84 Å². The fraction of sp³-hybridized carbons (Fsp3) is 0.636. The molecule has 0 spiro atoms. The first-order valence-corrected chi connectivity index (χ1v) is 6.23. The van der Waals surface area contributed by atoms with Gasteiger partial charge in [0.1, 0.15) is 0 Å². The van der Waals surface area contributed by atoms with E-state index in [1.54, 1.807) is 0 Å². The van der Waals surface area contributed by atoms with E-state index in [-0.39, 0.29) is 17.5 Å². The lowest BCUT2D eigenvalue weighted by Crippen LogP contribution is -2.05. The summed E-state index contributed by atoms with van der Waals surface area (Å²) in [6, 6.07) is 0. The zero-order valence-corrected chi connectivity index (χ0v) is 10.2. The molecule has 1 fully saturated rings. The third-order valence-electron chi connectivity index (χ3n) is 2.67. The van der Waals surface area contributed by atoms with Crippen LogP contribution < -0.4 is 0 Å². The fourth-order valence-corrected chi connectivity index (χ4v) is 2.95. The van der Waals surface area contributed by atoms with E-state index in [0.717, 1.165) is 22.9 Å². The van der Waals surface area contributed by atoms with E-state index < -0.39 is 5.97 Å². The van der Waals surface area contributed by atoms with Gasteiger partial charge in [-0.1, -0.05) is 13.8 Å². The fourth-order valence-electron chi connectivity index (χ4n) is 1.77. The van der Waals surface area contributed by atoms with E-state index in [4.69, 9.17) is 9.84 Å². The first-order chi connectivity index (χ1) is 7.59. The minimum atomic E-state index is -0.926. The van der Waals surface area contributed by atoms with Gasteiger partial charge in [-0.25, -0.2) is 9.78 Å². The second kappa shape index (κ2) is 4.51.